The van der Waals surface area contributed by atoms with Gasteiger partial charge in [0.25, 0.3) is 0 Å². The molecule has 18 heavy (non-hydrogen) atoms. The smallest absolute Gasteiger partial charge is 0.149 e. The van der Waals surface area contributed by atoms with Gasteiger partial charge in [0, 0.05) is 16.8 Å². The second-order valence-corrected chi connectivity index (χ2v) is 5.56. The number of aromatic nitrogens is 1. The predicted octanol–water partition coefficient (Wildman–Crippen LogP) is 3.70. The highest BCUT2D eigenvalue weighted by atomic mass is 19.1. The molecule has 4 heteroatoms. The minimum Gasteiger partial charge on any atom is -0.398 e. The minimum absolute atomic E-state index is 0.00280. The van der Waals surface area contributed by atoms with Crippen LogP contribution >= 0.6 is 0 Å². The molecule has 96 valence electrons. The van der Waals surface area contributed by atoms with E-state index in [1.807, 2.05) is 20.8 Å². The summed E-state index contributed by atoms with van der Waals surface area (Å²) < 4.78 is 27.9. The summed E-state index contributed by atoms with van der Waals surface area (Å²) in [4.78, 5) is 4.21. The highest BCUT2D eigenvalue weighted by molar-refractivity contribution is 5.92. The number of pyridine rings is 1. The Morgan fingerprint density at radius 3 is 2.33 bits per heavy atom. The van der Waals surface area contributed by atoms with Gasteiger partial charge < -0.3 is 5.73 Å². The van der Waals surface area contributed by atoms with Gasteiger partial charge in [0.1, 0.15) is 17.2 Å². The number of nitrogen functional groups attached to an aromatic ring is 1. The van der Waals surface area contributed by atoms with Gasteiger partial charge in [0.05, 0.1) is 5.39 Å². The lowest BCUT2D eigenvalue weighted by atomic mass is 9.90. The van der Waals surface area contributed by atoms with Gasteiger partial charge >= 0.3 is 0 Å². The van der Waals surface area contributed by atoms with Crippen molar-refractivity contribution in [1.82, 2.24) is 4.98 Å². The second kappa shape index (κ2) is 3.90. The quantitative estimate of drug-likeness (QED) is 0.774. The molecule has 0 bridgehead atoms. The average molecular weight is 250 g/mol. The molecule has 1 aromatic heterocycles. The van der Waals surface area contributed by atoms with E-state index in [0.29, 0.717) is 5.69 Å². The highest BCUT2D eigenvalue weighted by Gasteiger charge is 2.20. The van der Waals surface area contributed by atoms with Crippen LogP contribution in [0.3, 0.4) is 0 Å². The molecular formula is C14H16F2N2. The van der Waals surface area contributed by atoms with Crippen molar-refractivity contribution in [1.29, 1.82) is 0 Å². The molecule has 0 saturated carbocycles. The molecular weight excluding hydrogens is 234 g/mol. The summed E-state index contributed by atoms with van der Waals surface area (Å²) in [5.74, 6) is -1.04. The van der Waals surface area contributed by atoms with Crippen LogP contribution < -0.4 is 5.73 Å². The van der Waals surface area contributed by atoms with Crippen molar-refractivity contribution in [2.75, 3.05) is 5.73 Å². The van der Waals surface area contributed by atoms with Crippen LogP contribution in [0.2, 0.25) is 0 Å². The van der Waals surface area contributed by atoms with Crippen molar-refractivity contribution in [3.63, 3.8) is 0 Å². The van der Waals surface area contributed by atoms with Crippen LogP contribution in [0.25, 0.3) is 10.9 Å². The van der Waals surface area contributed by atoms with Crippen LogP contribution in [0.15, 0.2) is 12.1 Å². The summed E-state index contributed by atoms with van der Waals surface area (Å²) in [6.07, 6.45) is 0. The van der Waals surface area contributed by atoms with Gasteiger partial charge in [-0.1, -0.05) is 20.8 Å². The molecule has 0 spiro atoms. The van der Waals surface area contributed by atoms with Crippen LogP contribution in [0.1, 0.15) is 32.0 Å². The molecule has 0 unspecified atom stereocenters. The van der Waals surface area contributed by atoms with Crippen molar-refractivity contribution in [3.05, 3.63) is 35.0 Å². The third-order valence-electron chi connectivity index (χ3n) is 2.95. The predicted molar refractivity (Wildman–Crippen MR) is 69.5 cm³/mol. The number of fused-ring (bicyclic) bond motifs is 1. The second-order valence-electron chi connectivity index (χ2n) is 5.56. The number of benzene rings is 1. The van der Waals surface area contributed by atoms with E-state index in [9.17, 15) is 8.78 Å². The molecule has 0 aliphatic heterocycles. The Bertz CT molecular complexity index is 628. The van der Waals surface area contributed by atoms with E-state index >= 15 is 0 Å². The van der Waals surface area contributed by atoms with E-state index in [-0.39, 0.29) is 27.6 Å². The van der Waals surface area contributed by atoms with Gasteiger partial charge in [-0.25, -0.2) is 13.8 Å². The minimum atomic E-state index is -0.540. The molecule has 1 aromatic carbocycles. The van der Waals surface area contributed by atoms with Crippen molar-refractivity contribution in [2.24, 2.45) is 0 Å². The van der Waals surface area contributed by atoms with Crippen molar-refractivity contribution in [2.45, 2.75) is 33.1 Å². The van der Waals surface area contributed by atoms with E-state index in [1.54, 1.807) is 6.07 Å². The molecule has 0 fully saturated rings. The summed E-state index contributed by atoms with van der Waals surface area (Å²) >= 11 is 0. The molecule has 0 amide bonds. The Morgan fingerprint density at radius 2 is 1.78 bits per heavy atom. The molecule has 1 heterocycles. The maximum atomic E-state index is 14.0. The number of hydrogen-bond acceptors (Lipinski definition) is 2. The Balaban J connectivity index is 2.91. The lowest BCUT2D eigenvalue weighted by Crippen LogP contribution is -2.15. The molecule has 0 radical (unpaired) electrons. The number of nitrogens with zero attached hydrogens (tertiary/aromatic N) is 1. The van der Waals surface area contributed by atoms with Crippen LogP contribution in [0.4, 0.5) is 14.5 Å². The first-order chi connectivity index (χ1) is 8.21. The van der Waals surface area contributed by atoms with E-state index < -0.39 is 11.6 Å². The van der Waals surface area contributed by atoms with Crippen LogP contribution in [0, 0.1) is 18.6 Å². The highest BCUT2D eigenvalue weighted by Crippen LogP contribution is 2.31. The summed E-state index contributed by atoms with van der Waals surface area (Å²) in [6, 6.07) is 2.76. The Labute approximate surface area is 105 Å². The van der Waals surface area contributed by atoms with E-state index in [1.165, 1.54) is 6.92 Å². The Kier molecular flexibility index (Phi) is 2.76. The zero-order valence-electron chi connectivity index (χ0n) is 10.9. The summed E-state index contributed by atoms with van der Waals surface area (Å²) in [5, 5.41) is 0.0699. The van der Waals surface area contributed by atoms with Gasteiger partial charge in [-0.2, -0.15) is 0 Å². The van der Waals surface area contributed by atoms with E-state index in [0.717, 1.165) is 6.07 Å². The van der Waals surface area contributed by atoms with Crippen LogP contribution in [-0.2, 0) is 5.41 Å². The fourth-order valence-electron chi connectivity index (χ4n) is 1.87. The monoisotopic (exact) mass is 250 g/mol. The lowest BCUT2D eigenvalue weighted by molar-refractivity contribution is 0.567. The van der Waals surface area contributed by atoms with Gasteiger partial charge in [-0.3, -0.25) is 0 Å². The number of halogens is 2. The Morgan fingerprint density at radius 1 is 1.17 bits per heavy atom. The van der Waals surface area contributed by atoms with E-state index in [4.69, 9.17) is 5.73 Å². The first-order valence-electron chi connectivity index (χ1n) is 5.77. The summed E-state index contributed by atoms with van der Waals surface area (Å²) in [6.45, 7) is 7.35. The average Bonchev–Trinajstić information content (AvgIpc) is 2.24. The normalized spacial score (nSPS) is 12.1. The third-order valence-corrected chi connectivity index (χ3v) is 2.95. The Hall–Kier alpha value is -1.71. The SMILES string of the molecule is Cc1cc(F)c2nc(C(C)(C)C)cc(N)c2c1F. The topological polar surface area (TPSA) is 38.9 Å². The van der Waals surface area contributed by atoms with Crippen LogP contribution in [-0.4, -0.2) is 4.98 Å². The number of anilines is 1. The molecule has 0 saturated heterocycles. The molecule has 2 aromatic rings. The number of hydrogen-bond donors (Lipinski definition) is 1. The van der Waals surface area contributed by atoms with Crippen molar-refractivity contribution in [3.8, 4) is 0 Å². The molecule has 0 atom stereocenters. The standard InChI is InChI=1S/C14H16F2N2/c1-7-5-8(15)13-11(12(7)16)9(17)6-10(18-13)14(2,3)4/h5-6H,1-4H3,(H2,17,18). The number of nitrogens with two attached hydrogens (primary N) is 1. The molecule has 0 aliphatic rings. The van der Waals surface area contributed by atoms with Gasteiger partial charge in [-0.05, 0) is 24.6 Å². The van der Waals surface area contributed by atoms with Crippen molar-refractivity contribution >= 4 is 16.6 Å². The third kappa shape index (κ3) is 1.92. The molecule has 2 N–H and O–H groups in total. The molecule has 0 aliphatic carbocycles. The molecule has 2 nitrogen and oxygen atoms in total. The largest absolute Gasteiger partial charge is 0.398 e. The maximum absolute atomic E-state index is 14.0. The number of rotatable bonds is 0. The summed E-state index contributed by atoms with van der Waals surface area (Å²) in [5.41, 5.74) is 6.69. The van der Waals surface area contributed by atoms with Crippen LogP contribution in [0.5, 0.6) is 0 Å². The van der Waals surface area contributed by atoms with Crippen molar-refractivity contribution < 1.29 is 8.78 Å². The first kappa shape index (κ1) is 12.7. The van der Waals surface area contributed by atoms with E-state index in [2.05, 4.69) is 4.98 Å². The number of aryl methyl sites for hydroxylation is 1. The molecule has 2 rings (SSSR count). The lowest BCUT2D eigenvalue weighted by Gasteiger charge is -2.19. The van der Waals surface area contributed by atoms with Gasteiger partial charge in [-0.15, -0.1) is 0 Å². The first-order valence-corrected chi connectivity index (χ1v) is 5.77. The van der Waals surface area contributed by atoms with Gasteiger partial charge in [0.2, 0.25) is 0 Å². The van der Waals surface area contributed by atoms with Gasteiger partial charge in [0.15, 0.2) is 0 Å². The zero-order valence-corrected chi connectivity index (χ0v) is 10.9. The fourth-order valence-corrected chi connectivity index (χ4v) is 1.87. The summed E-state index contributed by atoms with van der Waals surface area (Å²) in [7, 11) is 0. The fraction of sp³-hybridized carbons (Fsp3) is 0.357. The zero-order chi connectivity index (χ0) is 13.7. The maximum Gasteiger partial charge on any atom is 0.149 e.